The van der Waals surface area contributed by atoms with Gasteiger partial charge in [0.15, 0.2) is 5.13 Å². The summed E-state index contributed by atoms with van der Waals surface area (Å²) in [5, 5.41) is 15.4. The van der Waals surface area contributed by atoms with E-state index in [0.29, 0.717) is 48.0 Å². The molecule has 4 saturated carbocycles. The van der Waals surface area contributed by atoms with Gasteiger partial charge in [-0.3, -0.25) is 0 Å². The van der Waals surface area contributed by atoms with E-state index >= 15 is 0 Å². The van der Waals surface area contributed by atoms with Gasteiger partial charge in [-0.25, -0.2) is 9.78 Å². The SMILES string of the molecule is O=C(O)c1cc([C@@H]2CCOC2)c2nc(N3C[C@@H]4C[C@H]3C[C@H]4OCc3c(C4CCC5(CC4)CC5)noc3C3CC3)sc2c1. The monoisotopic (exact) mass is 589 g/mol. The van der Waals surface area contributed by atoms with Crippen molar-refractivity contribution in [2.24, 2.45) is 11.3 Å². The molecule has 2 aliphatic heterocycles. The summed E-state index contributed by atoms with van der Waals surface area (Å²) < 4.78 is 19.3. The standard InChI is InChI=1S/C33H39N3O5S/c37-31(38)21-12-24(20-5-10-39-16-20)29-27(13-21)42-32(34-29)36-15-22-11-23(36)14-26(22)40-17-25-28(35-41-30(25)19-1-2-19)18-3-6-33(7-4-18)8-9-33/h12-13,18-20,22-23,26H,1-11,14-17H2,(H,37,38)/t20-,22+,23+,26-/m1/s1. The van der Waals surface area contributed by atoms with Gasteiger partial charge in [-0.2, -0.15) is 0 Å². The number of fused-ring (bicyclic) bond motifs is 3. The summed E-state index contributed by atoms with van der Waals surface area (Å²) in [6.45, 7) is 2.93. The summed E-state index contributed by atoms with van der Waals surface area (Å²) in [5.74, 6) is 1.99. The molecule has 1 aromatic carbocycles. The Morgan fingerprint density at radius 2 is 1.93 bits per heavy atom. The van der Waals surface area contributed by atoms with Crippen molar-refractivity contribution in [1.82, 2.24) is 10.1 Å². The zero-order valence-electron chi connectivity index (χ0n) is 24.1. The minimum atomic E-state index is -0.886. The van der Waals surface area contributed by atoms with Crippen LogP contribution in [-0.2, 0) is 16.1 Å². The molecule has 6 aliphatic rings. The number of aromatic carboxylic acids is 1. The summed E-state index contributed by atoms with van der Waals surface area (Å²) in [6.07, 6.45) is 13.8. The van der Waals surface area contributed by atoms with Crippen molar-refractivity contribution in [3.63, 3.8) is 0 Å². The molecule has 4 aliphatic carbocycles. The van der Waals surface area contributed by atoms with Crippen LogP contribution in [0.3, 0.4) is 0 Å². The second-order valence-corrected chi connectivity index (χ2v) is 15.1. The van der Waals surface area contributed by atoms with Crippen LogP contribution in [0.2, 0.25) is 0 Å². The minimum absolute atomic E-state index is 0.209. The molecule has 42 heavy (non-hydrogen) atoms. The maximum Gasteiger partial charge on any atom is 0.335 e. The Hall–Kier alpha value is -2.49. The molecule has 0 amide bonds. The molecule has 9 heteroatoms. The number of carbonyl (C=O) groups is 1. The zero-order valence-corrected chi connectivity index (χ0v) is 24.9. The first kappa shape index (κ1) is 26.0. The predicted octanol–water partition coefficient (Wildman–Crippen LogP) is 6.99. The van der Waals surface area contributed by atoms with Crippen molar-refractivity contribution in [3.05, 3.63) is 40.3 Å². The molecule has 2 bridgehead atoms. The fourth-order valence-electron chi connectivity index (χ4n) is 8.56. The molecular weight excluding hydrogens is 550 g/mol. The van der Waals surface area contributed by atoms with Gasteiger partial charge >= 0.3 is 5.97 Å². The highest BCUT2D eigenvalue weighted by atomic mass is 32.1. The molecule has 4 atom stereocenters. The first-order valence-corrected chi connectivity index (χ1v) is 17.0. The average molecular weight is 590 g/mol. The number of piperidine rings is 1. The van der Waals surface area contributed by atoms with E-state index in [-0.39, 0.29) is 12.0 Å². The van der Waals surface area contributed by atoms with Gasteiger partial charge in [0.1, 0.15) is 5.76 Å². The molecule has 8 nitrogen and oxygen atoms in total. The van der Waals surface area contributed by atoms with Crippen LogP contribution in [0.15, 0.2) is 16.7 Å². The third-order valence-corrected chi connectivity index (χ3v) is 12.5. The molecule has 1 N–H and O–H groups in total. The van der Waals surface area contributed by atoms with E-state index in [0.717, 1.165) is 59.1 Å². The highest BCUT2D eigenvalue weighted by molar-refractivity contribution is 7.22. The highest BCUT2D eigenvalue weighted by Crippen LogP contribution is 2.59. The molecule has 2 aromatic heterocycles. The van der Waals surface area contributed by atoms with Crippen LogP contribution in [0.25, 0.3) is 10.2 Å². The number of thiazole rings is 1. The lowest BCUT2D eigenvalue weighted by atomic mass is 9.77. The molecule has 222 valence electrons. The van der Waals surface area contributed by atoms with Crippen molar-refractivity contribution in [3.8, 4) is 0 Å². The smallest absolute Gasteiger partial charge is 0.335 e. The van der Waals surface area contributed by atoms with Crippen molar-refractivity contribution in [1.29, 1.82) is 0 Å². The van der Waals surface area contributed by atoms with E-state index in [2.05, 4.69) is 10.1 Å². The number of anilines is 1. The summed E-state index contributed by atoms with van der Waals surface area (Å²) in [4.78, 5) is 19.5. The number of benzene rings is 1. The second kappa shape index (κ2) is 9.76. The molecule has 1 spiro atoms. The Bertz CT molecular complexity index is 1520. The zero-order chi connectivity index (χ0) is 28.0. The molecule has 0 radical (unpaired) electrons. The summed E-state index contributed by atoms with van der Waals surface area (Å²) in [6, 6.07) is 4.03. The molecule has 3 aromatic rings. The molecule has 9 rings (SSSR count). The molecule has 0 unspecified atom stereocenters. The topological polar surface area (TPSA) is 97.9 Å². The fourth-order valence-corrected chi connectivity index (χ4v) is 9.68. The second-order valence-electron chi connectivity index (χ2n) is 14.1. The number of ether oxygens (including phenoxy) is 2. The van der Waals surface area contributed by atoms with E-state index in [4.69, 9.17) is 19.0 Å². The van der Waals surface area contributed by atoms with Crippen LogP contribution in [0.1, 0.15) is 121 Å². The summed E-state index contributed by atoms with van der Waals surface area (Å²) >= 11 is 1.63. The third-order valence-electron chi connectivity index (χ3n) is 11.5. The molecule has 4 heterocycles. The number of carboxylic acids is 1. The lowest BCUT2D eigenvalue weighted by Crippen LogP contribution is -2.38. The van der Waals surface area contributed by atoms with Gasteiger partial charge < -0.3 is 24.0 Å². The summed E-state index contributed by atoms with van der Waals surface area (Å²) in [5.41, 5.74) is 5.48. The molecule has 6 fully saturated rings. The lowest BCUT2D eigenvalue weighted by Gasteiger charge is -2.31. The number of aromatic nitrogens is 2. The van der Waals surface area contributed by atoms with Crippen LogP contribution in [0, 0.1) is 11.3 Å². The number of carboxylic acid groups (broad SMARTS) is 1. The fraction of sp³-hybridized carbons (Fsp3) is 0.667. The van der Waals surface area contributed by atoms with Gasteiger partial charge in [-0.05, 0) is 93.7 Å². The van der Waals surface area contributed by atoms with Crippen molar-refractivity contribution in [2.75, 3.05) is 24.7 Å². The van der Waals surface area contributed by atoms with E-state index < -0.39 is 5.97 Å². The van der Waals surface area contributed by atoms with Crippen LogP contribution in [-0.4, -0.2) is 53.1 Å². The Balaban J connectivity index is 0.909. The molecular formula is C33H39N3O5S. The Morgan fingerprint density at radius 1 is 1.07 bits per heavy atom. The van der Waals surface area contributed by atoms with Crippen LogP contribution in [0.5, 0.6) is 0 Å². The van der Waals surface area contributed by atoms with Crippen molar-refractivity contribution in [2.45, 2.75) is 107 Å². The summed E-state index contributed by atoms with van der Waals surface area (Å²) in [7, 11) is 0. The first-order valence-electron chi connectivity index (χ1n) is 16.2. The maximum atomic E-state index is 11.9. The Morgan fingerprint density at radius 3 is 2.62 bits per heavy atom. The van der Waals surface area contributed by atoms with Crippen LogP contribution < -0.4 is 4.90 Å². The van der Waals surface area contributed by atoms with Gasteiger partial charge in [-0.15, -0.1) is 0 Å². The third kappa shape index (κ3) is 4.41. The lowest BCUT2D eigenvalue weighted by molar-refractivity contribution is 0.0116. The average Bonchev–Trinajstić information content (AvgIpc) is 3.56. The normalized spacial score (nSPS) is 30.2. The highest BCUT2D eigenvalue weighted by Gasteiger charge is 2.48. The van der Waals surface area contributed by atoms with Gasteiger partial charge in [-0.1, -0.05) is 16.5 Å². The quantitative estimate of drug-likeness (QED) is 0.300. The number of hydrogen-bond donors (Lipinski definition) is 1. The first-order chi connectivity index (χ1) is 20.5. The maximum absolute atomic E-state index is 11.9. The van der Waals surface area contributed by atoms with Gasteiger partial charge in [0.25, 0.3) is 0 Å². The predicted molar refractivity (Wildman–Crippen MR) is 159 cm³/mol. The molecule has 2 saturated heterocycles. The van der Waals surface area contributed by atoms with Crippen LogP contribution >= 0.6 is 11.3 Å². The van der Waals surface area contributed by atoms with Gasteiger partial charge in [0.05, 0.1) is 40.8 Å². The van der Waals surface area contributed by atoms with Gasteiger partial charge in [0, 0.05) is 48.4 Å². The largest absolute Gasteiger partial charge is 0.478 e. The van der Waals surface area contributed by atoms with Crippen LogP contribution in [0.4, 0.5) is 5.13 Å². The van der Waals surface area contributed by atoms with E-state index in [1.807, 2.05) is 6.07 Å². The Labute approximate surface area is 249 Å². The van der Waals surface area contributed by atoms with E-state index in [1.54, 1.807) is 17.4 Å². The van der Waals surface area contributed by atoms with Crippen molar-refractivity contribution >= 4 is 32.7 Å². The Kier molecular flexibility index (Phi) is 6.03. The number of nitrogens with zero attached hydrogens (tertiary/aromatic N) is 3. The van der Waals surface area contributed by atoms with Crippen molar-refractivity contribution < 1.29 is 23.9 Å². The minimum Gasteiger partial charge on any atom is -0.478 e. The number of hydrogen-bond acceptors (Lipinski definition) is 8. The van der Waals surface area contributed by atoms with E-state index in [1.165, 1.54) is 62.6 Å². The van der Waals surface area contributed by atoms with E-state index in [9.17, 15) is 9.90 Å². The number of rotatable bonds is 8. The van der Waals surface area contributed by atoms with Gasteiger partial charge in [0.2, 0.25) is 0 Å².